The number of carbonyl (C=O) groups excluding carboxylic acids is 1. The maximum absolute atomic E-state index is 14.2. The number of thiophene rings is 1. The average molecular weight is 486 g/mol. The minimum absolute atomic E-state index is 0.169. The minimum Gasteiger partial charge on any atom is -0.366 e. The first-order valence-electron chi connectivity index (χ1n) is 10.9. The number of sulfonamides is 1. The molecule has 0 spiro atoms. The third kappa shape index (κ3) is 4.16. The van der Waals surface area contributed by atoms with E-state index >= 15 is 0 Å². The van der Waals surface area contributed by atoms with Gasteiger partial charge in [-0.1, -0.05) is 42.5 Å². The molecule has 0 saturated carbocycles. The Morgan fingerprint density at radius 2 is 1.61 bits per heavy atom. The average Bonchev–Trinajstić information content (AvgIpc) is 3.39. The van der Waals surface area contributed by atoms with Gasteiger partial charge in [0.15, 0.2) is 0 Å². The van der Waals surface area contributed by atoms with E-state index in [1.807, 2.05) is 29.2 Å². The Hall–Kier alpha value is -2.75. The predicted octanol–water partition coefficient (Wildman–Crippen LogP) is 3.35. The van der Waals surface area contributed by atoms with Gasteiger partial charge in [-0.3, -0.25) is 4.79 Å². The molecule has 6 nitrogen and oxygen atoms in total. The van der Waals surface area contributed by atoms with Crippen molar-refractivity contribution in [3.05, 3.63) is 83.0 Å². The number of para-hydroxylation sites is 1. The number of anilines is 1. The number of benzene rings is 2. The number of hydrogen-bond acceptors (Lipinski definition) is 5. The van der Waals surface area contributed by atoms with Crippen LogP contribution < -0.4 is 4.90 Å². The molecule has 1 fully saturated rings. The van der Waals surface area contributed by atoms with Gasteiger partial charge in [0.25, 0.3) is 10.0 Å². The molecule has 0 radical (unpaired) electrons. The number of carbonyl (C=O) groups is 1. The summed E-state index contributed by atoms with van der Waals surface area (Å²) in [6, 6.07) is 16.8. The lowest BCUT2D eigenvalue weighted by atomic mass is 9.95. The molecule has 1 atom stereocenters. The molecule has 2 aliphatic rings. The van der Waals surface area contributed by atoms with E-state index in [-0.39, 0.29) is 22.5 Å². The summed E-state index contributed by atoms with van der Waals surface area (Å²) in [5.74, 6) is -0.479. The van der Waals surface area contributed by atoms with Gasteiger partial charge in [0.1, 0.15) is 16.1 Å². The highest BCUT2D eigenvalue weighted by Crippen LogP contribution is 2.32. The van der Waals surface area contributed by atoms with E-state index in [0.29, 0.717) is 38.3 Å². The molecule has 2 aromatic carbocycles. The number of piperazine rings is 1. The van der Waals surface area contributed by atoms with Crippen LogP contribution in [0.2, 0.25) is 0 Å². The first-order chi connectivity index (χ1) is 15.9. The van der Waals surface area contributed by atoms with Gasteiger partial charge in [-0.2, -0.15) is 4.31 Å². The molecule has 172 valence electrons. The molecule has 33 heavy (non-hydrogen) atoms. The van der Waals surface area contributed by atoms with Crippen molar-refractivity contribution in [1.29, 1.82) is 0 Å². The summed E-state index contributed by atoms with van der Waals surface area (Å²) in [5.41, 5.74) is 2.45. The zero-order chi connectivity index (χ0) is 23.0. The van der Waals surface area contributed by atoms with Crippen LogP contribution in [0.3, 0.4) is 0 Å². The van der Waals surface area contributed by atoms with Crippen molar-refractivity contribution in [2.24, 2.45) is 0 Å². The fourth-order valence-electron chi connectivity index (χ4n) is 4.57. The zero-order valence-electron chi connectivity index (χ0n) is 17.9. The Bertz CT molecular complexity index is 1260. The van der Waals surface area contributed by atoms with E-state index in [4.69, 9.17) is 0 Å². The van der Waals surface area contributed by atoms with Gasteiger partial charge in [-0.05, 0) is 41.1 Å². The summed E-state index contributed by atoms with van der Waals surface area (Å²) >= 11 is 1.16. The molecule has 0 bridgehead atoms. The van der Waals surface area contributed by atoms with Crippen LogP contribution in [0, 0.1) is 5.82 Å². The Balaban J connectivity index is 1.39. The molecule has 3 aromatic rings. The summed E-state index contributed by atoms with van der Waals surface area (Å²) in [4.78, 5) is 17.3. The van der Waals surface area contributed by atoms with Crippen LogP contribution in [-0.4, -0.2) is 55.8 Å². The van der Waals surface area contributed by atoms with E-state index in [2.05, 4.69) is 0 Å². The van der Waals surface area contributed by atoms with Crippen LogP contribution in [-0.2, 0) is 27.8 Å². The Labute approximate surface area is 196 Å². The van der Waals surface area contributed by atoms with Gasteiger partial charge >= 0.3 is 0 Å². The largest absolute Gasteiger partial charge is 0.366 e. The molecule has 2 aliphatic heterocycles. The van der Waals surface area contributed by atoms with Crippen molar-refractivity contribution in [3.63, 3.8) is 0 Å². The van der Waals surface area contributed by atoms with Gasteiger partial charge < -0.3 is 9.80 Å². The van der Waals surface area contributed by atoms with E-state index in [1.165, 1.54) is 10.4 Å². The van der Waals surface area contributed by atoms with E-state index in [9.17, 15) is 17.6 Å². The molecule has 0 N–H and O–H groups in total. The lowest BCUT2D eigenvalue weighted by Gasteiger charge is -2.41. The van der Waals surface area contributed by atoms with Crippen molar-refractivity contribution in [2.45, 2.75) is 23.2 Å². The summed E-state index contributed by atoms with van der Waals surface area (Å²) < 4.78 is 42.7. The van der Waals surface area contributed by atoms with Gasteiger partial charge in [0.05, 0.1) is 5.69 Å². The number of amides is 1. The van der Waals surface area contributed by atoms with Gasteiger partial charge in [-0.25, -0.2) is 12.8 Å². The predicted molar refractivity (Wildman–Crippen MR) is 126 cm³/mol. The smallest absolute Gasteiger partial charge is 0.253 e. The molecule has 9 heteroatoms. The molecular weight excluding hydrogens is 461 g/mol. The summed E-state index contributed by atoms with van der Waals surface area (Å²) in [7, 11) is -3.81. The lowest BCUT2D eigenvalue weighted by Crippen LogP contribution is -2.57. The number of hydrogen-bond donors (Lipinski definition) is 0. The summed E-state index contributed by atoms with van der Waals surface area (Å²) in [6.45, 7) is 1.99. The molecule has 0 aliphatic carbocycles. The fourth-order valence-corrected chi connectivity index (χ4v) is 7.25. The van der Waals surface area contributed by atoms with Crippen molar-refractivity contribution in [2.75, 3.05) is 31.1 Å². The first kappa shape index (κ1) is 22.1. The van der Waals surface area contributed by atoms with E-state index in [1.54, 1.807) is 40.6 Å². The molecule has 1 aromatic heterocycles. The Morgan fingerprint density at radius 3 is 2.30 bits per heavy atom. The quantitative estimate of drug-likeness (QED) is 0.569. The van der Waals surface area contributed by atoms with Crippen molar-refractivity contribution in [3.8, 4) is 0 Å². The van der Waals surface area contributed by atoms with Gasteiger partial charge in [0.2, 0.25) is 5.91 Å². The Kier molecular flexibility index (Phi) is 5.94. The second-order valence-corrected chi connectivity index (χ2v) is 11.3. The SMILES string of the molecule is O=C([C@H]1Cc2ccccc2CN1S(=O)(=O)c1cccs1)N1CCN(c2ccccc2F)CC1. The highest BCUT2D eigenvalue weighted by Gasteiger charge is 2.42. The van der Waals surface area contributed by atoms with Gasteiger partial charge in [-0.15, -0.1) is 11.3 Å². The monoisotopic (exact) mass is 485 g/mol. The van der Waals surface area contributed by atoms with Crippen LogP contribution in [0.15, 0.2) is 70.3 Å². The van der Waals surface area contributed by atoms with Crippen molar-refractivity contribution < 1.29 is 17.6 Å². The number of halogens is 1. The highest BCUT2D eigenvalue weighted by molar-refractivity contribution is 7.91. The zero-order valence-corrected chi connectivity index (χ0v) is 19.6. The second kappa shape index (κ2) is 8.89. The molecule has 5 rings (SSSR count). The van der Waals surface area contributed by atoms with E-state index < -0.39 is 16.1 Å². The third-order valence-corrected chi connectivity index (χ3v) is 9.56. The molecular formula is C24H24FN3O3S2. The van der Waals surface area contributed by atoms with Crippen molar-refractivity contribution in [1.82, 2.24) is 9.21 Å². The molecule has 1 saturated heterocycles. The fraction of sp³-hybridized carbons (Fsp3) is 0.292. The first-order valence-corrected chi connectivity index (χ1v) is 13.2. The maximum atomic E-state index is 14.2. The summed E-state index contributed by atoms with van der Waals surface area (Å²) in [5, 5.41) is 1.73. The maximum Gasteiger partial charge on any atom is 0.253 e. The molecule has 1 amide bonds. The third-order valence-electron chi connectivity index (χ3n) is 6.33. The normalized spacial score (nSPS) is 19.4. The Morgan fingerprint density at radius 1 is 0.909 bits per heavy atom. The van der Waals surface area contributed by atoms with E-state index in [0.717, 1.165) is 22.5 Å². The highest BCUT2D eigenvalue weighted by atomic mass is 32.2. The van der Waals surface area contributed by atoms with Crippen LogP contribution >= 0.6 is 11.3 Å². The second-order valence-electron chi connectivity index (χ2n) is 8.23. The molecule has 3 heterocycles. The minimum atomic E-state index is -3.81. The lowest BCUT2D eigenvalue weighted by molar-refractivity contribution is -0.136. The standard InChI is InChI=1S/C24H24FN3O3S2/c25-20-8-3-4-9-21(20)26-11-13-27(14-12-26)24(29)22-16-18-6-1-2-7-19(18)17-28(22)33(30,31)23-10-5-15-32-23/h1-10,15,22H,11-14,16-17H2/t22-/m1/s1. The van der Waals surface area contributed by atoms with Crippen molar-refractivity contribution >= 4 is 33.0 Å². The number of fused-ring (bicyclic) bond motifs is 1. The van der Waals surface area contributed by atoms with Crippen LogP contribution in [0.1, 0.15) is 11.1 Å². The van der Waals surface area contributed by atoms with Crippen LogP contribution in [0.25, 0.3) is 0 Å². The van der Waals surface area contributed by atoms with Gasteiger partial charge in [0, 0.05) is 32.7 Å². The number of rotatable bonds is 4. The molecule has 0 unspecified atom stereocenters. The topological polar surface area (TPSA) is 60.9 Å². The van der Waals surface area contributed by atoms with Crippen LogP contribution in [0.5, 0.6) is 0 Å². The van der Waals surface area contributed by atoms with Crippen LogP contribution in [0.4, 0.5) is 10.1 Å². The summed E-state index contributed by atoms with van der Waals surface area (Å²) in [6.07, 6.45) is 0.340. The number of nitrogens with zero attached hydrogens (tertiary/aromatic N) is 3.